The number of ether oxygens (including phenoxy) is 1. The average Bonchev–Trinajstić information content (AvgIpc) is 2.84. The summed E-state index contributed by atoms with van der Waals surface area (Å²) in [5, 5.41) is 6.74. The van der Waals surface area contributed by atoms with E-state index in [9.17, 15) is 14.0 Å². The van der Waals surface area contributed by atoms with Crippen LogP contribution in [0.15, 0.2) is 58.1 Å². The summed E-state index contributed by atoms with van der Waals surface area (Å²) in [5.74, 6) is 1.05. The Balaban J connectivity index is 1.16. The number of nitrogens with zero attached hydrogens (tertiary/aromatic N) is 1. The van der Waals surface area contributed by atoms with Gasteiger partial charge in [-0.05, 0) is 86.8 Å². The number of rotatable bonds is 10. The van der Waals surface area contributed by atoms with Gasteiger partial charge in [0.1, 0.15) is 22.9 Å². The third-order valence-corrected chi connectivity index (χ3v) is 6.32. The van der Waals surface area contributed by atoms with Crippen LogP contribution in [0.25, 0.3) is 0 Å². The van der Waals surface area contributed by atoms with Crippen LogP contribution in [-0.4, -0.2) is 37.7 Å². The van der Waals surface area contributed by atoms with Crippen LogP contribution in [-0.2, 0) is 0 Å². The van der Waals surface area contributed by atoms with Crippen LogP contribution in [0.4, 0.5) is 21.5 Å². The Morgan fingerprint density at radius 3 is 2.33 bits per heavy atom. The van der Waals surface area contributed by atoms with Crippen molar-refractivity contribution in [3.8, 4) is 5.75 Å². The Kier molecular flexibility index (Phi) is 7.62. The highest BCUT2D eigenvalue weighted by Crippen LogP contribution is 2.23. The fourth-order valence-corrected chi connectivity index (χ4v) is 4.20. The van der Waals surface area contributed by atoms with Crippen LogP contribution in [0.3, 0.4) is 0 Å². The predicted octanol–water partition coefficient (Wildman–Crippen LogP) is 4.41. The minimum absolute atomic E-state index is 0.261. The Morgan fingerprint density at radius 1 is 0.970 bits per heavy atom. The normalized spacial score (nSPS) is 15.0. The lowest BCUT2D eigenvalue weighted by Crippen LogP contribution is -2.40. The molecule has 3 aromatic rings. The van der Waals surface area contributed by atoms with E-state index in [-0.39, 0.29) is 5.82 Å². The van der Waals surface area contributed by atoms with Crippen molar-refractivity contribution in [2.24, 2.45) is 5.92 Å². The lowest BCUT2D eigenvalue weighted by atomic mass is 9.94. The van der Waals surface area contributed by atoms with Gasteiger partial charge in [-0.2, -0.15) is 0 Å². The van der Waals surface area contributed by atoms with Crippen LogP contribution in [0.1, 0.15) is 19.3 Å². The maximum atomic E-state index is 12.9. The number of halogens is 2. The second-order valence-electron chi connectivity index (χ2n) is 8.34. The molecule has 0 unspecified atom stereocenters. The number of anilines is 3. The topological polar surface area (TPSA) is 70.7 Å². The number of nitrogens with one attached hydrogen (secondary N) is 2. The molecule has 174 valence electrons. The van der Waals surface area contributed by atoms with Gasteiger partial charge in [-0.1, -0.05) is 11.6 Å². The second kappa shape index (κ2) is 10.8. The number of piperidine rings is 1. The highest BCUT2D eigenvalue weighted by molar-refractivity contribution is 6.30. The molecule has 6 nitrogen and oxygen atoms in total. The molecule has 0 saturated carbocycles. The van der Waals surface area contributed by atoms with Gasteiger partial charge in [-0.25, -0.2) is 4.39 Å². The summed E-state index contributed by atoms with van der Waals surface area (Å²) in [6, 6.07) is 13.1. The van der Waals surface area contributed by atoms with Crippen LogP contribution >= 0.6 is 11.6 Å². The SMILES string of the molecule is O=c1c(NCCN2CCC(CCOc3ccc(F)cc3)CC2)c(Nc2ccc(Cl)cc2)c1=O. The molecule has 8 heteroatoms. The van der Waals surface area contributed by atoms with E-state index in [2.05, 4.69) is 15.5 Å². The third kappa shape index (κ3) is 6.12. The zero-order valence-electron chi connectivity index (χ0n) is 18.3. The van der Waals surface area contributed by atoms with E-state index in [0.717, 1.165) is 38.9 Å². The minimum Gasteiger partial charge on any atom is -0.494 e. The van der Waals surface area contributed by atoms with Gasteiger partial charge in [-0.3, -0.25) is 9.59 Å². The van der Waals surface area contributed by atoms with E-state index in [4.69, 9.17) is 16.3 Å². The van der Waals surface area contributed by atoms with Crippen molar-refractivity contribution in [2.45, 2.75) is 19.3 Å². The standard InChI is InChI=1S/C25H27ClFN3O3/c26-18-1-5-20(6-2-18)29-23-22(24(31)25(23)32)28-12-15-30-13-9-17(10-14-30)11-16-33-21-7-3-19(27)4-8-21/h1-8,17,28-29H,9-16H2. The molecule has 3 aromatic carbocycles. The highest BCUT2D eigenvalue weighted by Gasteiger charge is 2.22. The minimum atomic E-state index is -0.504. The van der Waals surface area contributed by atoms with Gasteiger partial charge in [0.15, 0.2) is 0 Å². The van der Waals surface area contributed by atoms with E-state index in [1.165, 1.54) is 12.1 Å². The highest BCUT2D eigenvalue weighted by atomic mass is 35.5. The number of hydrogen-bond donors (Lipinski definition) is 2. The van der Waals surface area contributed by atoms with Crippen LogP contribution in [0.2, 0.25) is 5.02 Å². The Bertz CT molecular complexity index is 1120. The first-order chi connectivity index (χ1) is 16.0. The molecule has 0 amide bonds. The van der Waals surface area contributed by atoms with Crippen LogP contribution in [0, 0.1) is 11.7 Å². The Morgan fingerprint density at radius 2 is 1.64 bits per heavy atom. The van der Waals surface area contributed by atoms with E-state index in [1.54, 1.807) is 36.4 Å². The zero-order chi connectivity index (χ0) is 23.2. The molecule has 1 fully saturated rings. The van der Waals surface area contributed by atoms with Crippen molar-refractivity contribution in [1.82, 2.24) is 4.90 Å². The second-order valence-corrected chi connectivity index (χ2v) is 8.78. The van der Waals surface area contributed by atoms with Gasteiger partial charge in [0.2, 0.25) is 0 Å². The number of benzene rings is 2. The molecule has 1 aliphatic rings. The van der Waals surface area contributed by atoms with E-state index < -0.39 is 10.9 Å². The first kappa shape index (κ1) is 23.3. The van der Waals surface area contributed by atoms with E-state index in [0.29, 0.717) is 46.9 Å². The lowest BCUT2D eigenvalue weighted by molar-refractivity contribution is 0.167. The summed E-state index contributed by atoms with van der Waals surface area (Å²) in [7, 11) is 0. The van der Waals surface area contributed by atoms with Gasteiger partial charge in [-0.15, -0.1) is 0 Å². The molecule has 1 saturated heterocycles. The smallest absolute Gasteiger partial charge is 0.253 e. The fourth-order valence-electron chi connectivity index (χ4n) is 4.07. The maximum absolute atomic E-state index is 12.9. The molecular formula is C25H27ClFN3O3. The quantitative estimate of drug-likeness (QED) is 0.427. The molecule has 4 rings (SSSR count). The van der Waals surface area contributed by atoms with Gasteiger partial charge in [0.05, 0.1) is 6.61 Å². The number of hydrogen-bond acceptors (Lipinski definition) is 6. The maximum Gasteiger partial charge on any atom is 0.253 e. The molecule has 33 heavy (non-hydrogen) atoms. The Labute approximate surface area is 197 Å². The van der Waals surface area contributed by atoms with Gasteiger partial charge < -0.3 is 20.3 Å². The summed E-state index contributed by atoms with van der Waals surface area (Å²) in [6.45, 7) is 4.01. The summed E-state index contributed by atoms with van der Waals surface area (Å²) < 4.78 is 18.7. The fraction of sp³-hybridized carbons (Fsp3) is 0.360. The molecule has 1 heterocycles. The average molecular weight is 472 g/mol. The third-order valence-electron chi connectivity index (χ3n) is 6.07. The zero-order valence-corrected chi connectivity index (χ0v) is 19.0. The van der Waals surface area contributed by atoms with Gasteiger partial charge >= 0.3 is 0 Å². The molecule has 0 bridgehead atoms. The van der Waals surface area contributed by atoms with Crippen molar-refractivity contribution in [1.29, 1.82) is 0 Å². The van der Waals surface area contributed by atoms with Crippen molar-refractivity contribution in [3.05, 3.63) is 79.8 Å². The van der Waals surface area contributed by atoms with E-state index in [1.807, 2.05) is 0 Å². The van der Waals surface area contributed by atoms with Crippen LogP contribution in [0.5, 0.6) is 5.75 Å². The first-order valence-electron chi connectivity index (χ1n) is 11.2. The van der Waals surface area contributed by atoms with Crippen LogP contribution < -0.4 is 26.2 Å². The summed E-state index contributed by atoms with van der Waals surface area (Å²) in [5.41, 5.74) is 0.382. The molecule has 0 aliphatic carbocycles. The van der Waals surface area contributed by atoms with Gasteiger partial charge in [0, 0.05) is 23.8 Å². The molecule has 1 aliphatic heterocycles. The summed E-state index contributed by atoms with van der Waals surface area (Å²) in [4.78, 5) is 26.3. The number of likely N-dealkylation sites (tertiary alicyclic amines) is 1. The monoisotopic (exact) mass is 471 g/mol. The molecule has 2 N–H and O–H groups in total. The van der Waals surface area contributed by atoms with Crippen molar-refractivity contribution in [2.75, 3.05) is 43.4 Å². The van der Waals surface area contributed by atoms with Crippen molar-refractivity contribution >= 4 is 28.7 Å². The summed E-state index contributed by atoms with van der Waals surface area (Å²) in [6.07, 6.45) is 3.17. The van der Waals surface area contributed by atoms with Gasteiger partial charge in [0.25, 0.3) is 10.9 Å². The molecule has 0 radical (unpaired) electrons. The molecule has 0 aromatic heterocycles. The van der Waals surface area contributed by atoms with Crippen molar-refractivity contribution in [3.63, 3.8) is 0 Å². The molecular weight excluding hydrogens is 445 g/mol. The Hall–Kier alpha value is -2.90. The summed E-state index contributed by atoms with van der Waals surface area (Å²) >= 11 is 5.89. The lowest BCUT2D eigenvalue weighted by Gasteiger charge is -2.32. The van der Waals surface area contributed by atoms with E-state index >= 15 is 0 Å². The molecule has 0 spiro atoms. The molecule has 0 atom stereocenters. The largest absolute Gasteiger partial charge is 0.494 e. The predicted molar refractivity (Wildman–Crippen MR) is 130 cm³/mol. The van der Waals surface area contributed by atoms with Crippen molar-refractivity contribution < 1.29 is 9.13 Å². The first-order valence-corrected chi connectivity index (χ1v) is 11.6.